The van der Waals surface area contributed by atoms with Crippen LogP contribution in [0.1, 0.15) is 97.9 Å². The van der Waals surface area contributed by atoms with Crippen molar-refractivity contribution in [3.63, 3.8) is 0 Å². The van der Waals surface area contributed by atoms with Crippen LogP contribution in [0.15, 0.2) is 36.5 Å². The summed E-state index contributed by atoms with van der Waals surface area (Å²) in [5.74, 6) is -0.726. The quantitative estimate of drug-likeness (QED) is 0.346. The molecule has 2 atom stereocenters. The minimum atomic E-state index is -1.30. The molecule has 0 saturated carbocycles. The van der Waals surface area contributed by atoms with Gasteiger partial charge in [0.15, 0.2) is 0 Å². The molecule has 1 N–H and O–H groups in total. The Morgan fingerprint density at radius 2 is 1.86 bits per heavy atom. The van der Waals surface area contributed by atoms with E-state index in [1.54, 1.807) is 17.9 Å². The maximum Gasteiger partial charge on any atom is 0.410 e. The summed E-state index contributed by atoms with van der Waals surface area (Å²) in [7, 11) is 1.70. The molecule has 0 aliphatic carbocycles. The molecule has 43 heavy (non-hydrogen) atoms. The number of amides is 2. The fraction of sp³-hybridized carbons (Fsp3) is 0.500. The summed E-state index contributed by atoms with van der Waals surface area (Å²) in [6, 6.07) is 7.65. The summed E-state index contributed by atoms with van der Waals surface area (Å²) in [6.45, 7) is 14.2. The number of carbonyl (C=O) groups excluding carboxylic acids is 2. The van der Waals surface area contributed by atoms with E-state index in [4.69, 9.17) is 16.3 Å². The largest absolute Gasteiger partial charge is 0.444 e. The Morgan fingerprint density at radius 1 is 1.21 bits per heavy atom. The van der Waals surface area contributed by atoms with Gasteiger partial charge in [-0.05, 0) is 102 Å². The molecule has 2 aromatic carbocycles. The van der Waals surface area contributed by atoms with E-state index in [-0.39, 0.29) is 28.2 Å². The van der Waals surface area contributed by atoms with Crippen LogP contribution >= 0.6 is 11.6 Å². The monoisotopic (exact) mass is 613 g/mol. The van der Waals surface area contributed by atoms with Crippen molar-refractivity contribution >= 4 is 23.6 Å². The molecule has 3 aromatic rings. The van der Waals surface area contributed by atoms with Crippen molar-refractivity contribution in [2.75, 3.05) is 13.6 Å². The summed E-state index contributed by atoms with van der Waals surface area (Å²) in [6.07, 6.45) is 1.37. The first-order chi connectivity index (χ1) is 20.0. The Labute approximate surface area is 257 Å². The standard InChI is InChI=1S/C32H41ClFN5O4/c1-19-13-21(14-20(2)25(19)17-37(8)30(42)43-31(3,4)5)29(41)38-16-23(11-12-32(38,6)7)39-18-27(35-36-39)28(40)24-10-9-22(33)15-26(24)34/h9-10,13-15,18,23,28,40H,11-12,16-17H2,1-8H3. The topological polar surface area (TPSA) is 101 Å². The Bertz CT molecular complexity index is 1490. The van der Waals surface area contributed by atoms with Crippen molar-refractivity contribution in [3.05, 3.63) is 80.9 Å². The number of nitrogens with zero attached hydrogens (tertiary/aromatic N) is 5. The molecule has 0 spiro atoms. The van der Waals surface area contributed by atoms with E-state index >= 15 is 0 Å². The van der Waals surface area contributed by atoms with E-state index in [2.05, 4.69) is 10.3 Å². The number of aryl methyl sites for hydroxylation is 2. The summed E-state index contributed by atoms with van der Waals surface area (Å²) in [4.78, 5) is 29.9. The lowest BCUT2D eigenvalue weighted by Crippen LogP contribution is -2.53. The maximum absolute atomic E-state index is 14.4. The van der Waals surface area contributed by atoms with Gasteiger partial charge in [-0.3, -0.25) is 4.79 Å². The highest BCUT2D eigenvalue weighted by Crippen LogP contribution is 2.35. The summed E-state index contributed by atoms with van der Waals surface area (Å²) in [5.41, 5.74) is 2.63. The van der Waals surface area contributed by atoms with Crippen LogP contribution in [0.25, 0.3) is 0 Å². The van der Waals surface area contributed by atoms with Crippen LogP contribution in [-0.2, 0) is 11.3 Å². The first-order valence-corrected chi connectivity index (χ1v) is 14.8. The molecular formula is C32H41ClFN5O4. The maximum atomic E-state index is 14.4. The van der Waals surface area contributed by atoms with E-state index in [0.717, 1.165) is 35.6 Å². The Balaban J connectivity index is 1.52. The van der Waals surface area contributed by atoms with E-state index in [9.17, 15) is 19.1 Å². The highest BCUT2D eigenvalue weighted by Gasteiger charge is 2.39. The highest BCUT2D eigenvalue weighted by atomic mass is 35.5. The second kappa shape index (κ2) is 12.2. The zero-order valence-electron chi connectivity index (χ0n) is 26.1. The van der Waals surface area contributed by atoms with Crippen molar-refractivity contribution in [1.82, 2.24) is 24.8 Å². The van der Waals surface area contributed by atoms with Gasteiger partial charge in [-0.15, -0.1) is 5.10 Å². The van der Waals surface area contributed by atoms with Gasteiger partial charge < -0.3 is 19.6 Å². The highest BCUT2D eigenvalue weighted by molar-refractivity contribution is 6.30. The minimum absolute atomic E-state index is 0.0597. The summed E-state index contributed by atoms with van der Waals surface area (Å²) >= 11 is 5.85. The van der Waals surface area contributed by atoms with Gasteiger partial charge in [0.1, 0.15) is 23.2 Å². The Morgan fingerprint density at radius 3 is 2.47 bits per heavy atom. The van der Waals surface area contributed by atoms with Crippen molar-refractivity contribution in [1.29, 1.82) is 0 Å². The fourth-order valence-electron chi connectivity index (χ4n) is 5.42. The third-order valence-electron chi connectivity index (χ3n) is 7.94. The molecule has 4 rings (SSSR count). The van der Waals surface area contributed by atoms with Gasteiger partial charge in [-0.2, -0.15) is 0 Å². The summed E-state index contributed by atoms with van der Waals surface area (Å²) in [5, 5.41) is 19.3. The van der Waals surface area contributed by atoms with Gasteiger partial charge in [0.05, 0.1) is 12.2 Å². The van der Waals surface area contributed by atoms with Crippen LogP contribution < -0.4 is 0 Å². The van der Waals surface area contributed by atoms with E-state index in [0.29, 0.717) is 18.7 Å². The van der Waals surface area contributed by atoms with E-state index < -0.39 is 29.2 Å². The zero-order chi connectivity index (χ0) is 31.9. The first kappa shape index (κ1) is 32.4. The second-order valence-electron chi connectivity index (χ2n) is 13.0. The molecule has 1 fully saturated rings. The predicted octanol–water partition coefficient (Wildman–Crippen LogP) is 6.39. The number of aromatic nitrogens is 3. The predicted molar refractivity (Wildman–Crippen MR) is 162 cm³/mol. The fourth-order valence-corrected chi connectivity index (χ4v) is 5.58. The van der Waals surface area contributed by atoms with Crippen molar-refractivity contribution in [2.45, 2.75) is 91.1 Å². The number of carbonyl (C=O) groups is 2. The first-order valence-electron chi connectivity index (χ1n) is 14.4. The third kappa shape index (κ3) is 7.36. The molecule has 9 nitrogen and oxygen atoms in total. The molecule has 11 heteroatoms. The average Bonchev–Trinajstić information content (AvgIpc) is 3.39. The Kier molecular flexibility index (Phi) is 9.23. The van der Waals surface area contributed by atoms with Crippen molar-refractivity contribution in [2.24, 2.45) is 0 Å². The van der Waals surface area contributed by atoms with Gasteiger partial charge in [0.2, 0.25) is 0 Å². The molecule has 0 radical (unpaired) electrons. The van der Waals surface area contributed by atoms with Gasteiger partial charge >= 0.3 is 6.09 Å². The number of aliphatic hydroxyl groups excluding tert-OH is 1. The zero-order valence-corrected chi connectivity index (χ0v) is 26.9. The SMILES string of the molecule is Cc1cc(C(=O)N2CC(n3cc(C(O)c4ccc(Cl)cc4F)nn3)CCC2(C)C)cc(C)c1CN(C)C(=O)OC(C)(C)C. The number of halogens is 2. The van der Waals surface area contributed by atoms with Crippen LogP contribution in [0.4, 0.5) is 9.18 Å². The molecule has 2 amide bonds. The van der Waals surface area contributed by atoms with Gasteiger partial charge in [-0.25, -0.2) is 13.9 Å². The number of hydrogen-bond acceptors (Lipinski definition) is 6. The number of hydrogen-bond donors (Lipinski definition) is 1. The van der Waals surface area contributed by atoms with E-state index in [1.807, 2.05) is 65.5 Å². The lowest BCUT2D eigenvalue weighted by Gasteiger charge is -2.45. The van der Waals surface area contributed by atoms with Crippen LogP contribution in [0.2, 0.25) is 5.02 Å². The van der Waals surface area contributed by atoms with Gasteiger partial charge in [0, 0.05) is 41.8 Å². The molecule has 0 bridgehead atoms. The van der Waals surface area contributed by atoms with Crippen LogP contribution in [0.3, 0.4) is 0 Å². The number of aliphatic hydroxyl groups is 1. The van der Waals surface area contributed by atoms with Crippen LogP contribution in [0, 0.1) is 19.7 Å². The Hall–Kier alpha value is -3.50. The lowest BCUT2D eigenvalue weighted by molar-refractivity contribution is 0.0280. The number of ether oxygens (including phenoxy) is 1. The lowest BCUT2D eigenvalue weighted by atomic mass is 9.87. The van der Waals surface area contributed by atoms with Gasteiger partial charge in [0.25, 0.3) is 5.91 Å². The molecule has 1 saturated heterocycles. The molecule has 2 heterocycles. The number of likely N-dealkylation sites (tertiary alicyclic amines) is 1. The van der Waals surface area contributed by atoms with Crippen LogP contribution in [0.5, 0.6) is 0 Å². The molecule has 1 aliphatic rings. The smallest absolute Gasteiger partial charge is 0.410 e. The van der Waals surface area contributed by atoms with Crippen molar-refractivity contribution in [3.8, 4) is 0 Å². The second-order valence-corrected chi connectivity index (χ2v) is 13.5. The average molecular weight is 614 g/mol. The van der Waals surface area contributed by atoms with Crippen molar-refractivity contribution < 1.29 is 23.8 Å². The summed E-state index contributed by atoms with van der Waals surface area (Å²) < 4.78 is 21.5. The number of piperidine rings is 1. The van der Waals surface area contributed by atoms with E-state index in [1.165, 1.54) is 17.0 Å². The molecule has 1 aliphatic heterocycles. The normalized spacial score (nSPS) is 17.5. The number of benzene rings is 2. The number of rotatable bonds is 6. The minimum Gasteiger partial charge on any atom is -0.444 e. The molecule has 232 valence electrons. The third-order valence-corrected chi connectivity index (χ3v) is 8.18. The molecule has 2 unspecified atom stereocenters. The molecular weight excluding hydrogens is 573 g/mol. The van der Waals surface area contributed by atoms with Crippen LogP contribution in [-0.4, -0.2) is 66.6 Å². The van der Waals surface area contributed by atoms with Gasteiger partial charge in [-0.1, -0.05) is 22.9 Å². The molecule has 1 aromatic heterocycles.